The minimum atomic E-state index is -0.708. The Balaban J connectivity index is 0.000000541. The maximum absolute atomic E-state index is 11.5. The lowest BCUT2D eigenvalue weighted by Crippen LogP contribution is -2.11. The Bertz CT molecular complexity index is 524. The van der Waals surface area contributed by atoms with Gasteiger partial charge in [-0.3, -0.25) is 0 Å². The summed E-state index contributed by atoms with van der Waals surface area (Å²) in [7, 11) is 0. The lowest BCUT2D eigenvalue weighted by Gasteiger charge is -2.02. The van der Waals surface area contributed by atoms with Gasteiger partial charge in [-0.15, -0.1) is 0 Å². The standard InChI is InChI=1S/C14H10O4.C3H8O/c15-13(11-7-3-1-4-8-11)17-18-14(16)12-9-5-2-6-10-12;1-3(2)4/h1-10H;3-4H,1-2H3. The molecule has 1 N–H and O–H groups in total. The lowest BCUT2D eigenvalue weighted by molar-refractivity contribution is -0.187. The topological polar surface area (TPSA) is 72.8 Å². The SMILES string of the molecule is CC(C)O.O=C(OOC(=O)c1ccccc1)c1ccccc1. The molecule has 0 unspecified atom stereocenters. The van der Waals surface area contributed by atoms with Crippen LogP contribution >= 0.6 is 0 Å². The molecule has 0 bridgehead atoms. The largest absolute Gasteiger partial charge is 0.394 e. The van der Waals surface area contributed by atoms with Gasteiger partial charge in [0.15, 0.2) is 0 Å². The maximum Gasteiger partial charge on any atom is 0.386 e. The zero-order chi connectivity index (χ0) is 16.4. The van der Waals surface area contributed by atoms with Crippen molar-refractivity contribution in [2.24, 2.45) is 0 Å². The van der Waals surface area contributed by atoms with Gasteiger partial charge in [0.05, 0.1) is 11.1 Å². The molecular formula is C17H18O5. The highest BCUT2D eigenvalue weighted by Gasteiger charge is 2.12. The van der Waals surface area contributed by atoms with Crippen LogP contribution < -0.4 is 0 Å². The smallest absolute Gasteiger partial charge is 0.386 e. The molecule has 5 heteroatoms. The van der Waals surface area contributed by atoms with E-state index in [9.17, 15) is 9.59 Å². The highest BCUT2D eigenvalue weighted by molar-refractivity contribution is 5.92. The summed E-state index contributed by atoms with van der Waals surface area (Å²) in [5.41, 5.74) is 0.636. The molecule has 0 amide bonds. The summed E-state index contributed by atoms with van der Waals surface area (Å²) in [6, 6.07) is 16.6. The Hall–Kier alpha value is -2.66. The predicted octanol–water partition coefficient (Wildman–Crippen LogP) is 3.00. The van der Waals surface area contributed by atoms with Crippen LogP contribution in [0.5, 0.6) is 0 Å². The Morgan fingerprint density at radius 1 is 0.773 bits per heavy atom. The van der Waals surface area contributed by atoms with Gasteiger partial charge >= 0.3 is 11.9 Å². The van der Waals surface area contributed by atoms with Crippen LogP contribution in [0.2, 0.25) is 0 Å². The summed E-state index contributed by atoms with van der Waals surface area (Å²) < 4.78 is 0. The highest BCUT2D eigenvalue weighted by Crippen LogP contribution is 2.05. The molecule has 116 valence electrons. The van der Waals surface area contributed by atoms with Gasteiger partial charge in [-0.05, 0) is 38.1 Å². The molecule has 5 nitrogen and oxygen atoms in total. The van der Waals surface area contributed by atoms with Crippen LogP contribution in [0.3, 0.4) is 0 Å². The van der Waals surface area contributed by atoms with E-state index in [4.69, 9.17) is 5.11 Å². The Kier molecular flexibility index (Phi) is 7.36. The number of rotatable bonds is 2. The summed E-state index contributed by atoms with van der Waals surface area (Å²) in [4.78, 5) is 31.9. The molecular weight excluding hydrogens is 284 g/mol. The summed E-state index contributed by atoms with van der Waals surface area (Å²) in [5.74, 6) is -1.42. The number of hydrogen-bond donors (Lipinski definition) is 1. The van der Waals surface area contributed by atoms with Gasteiger partial charge in [-0.25, -0.2) is 19.4 Å². The monoisotopic (exact) mass is 302 g/mol. The predicted molar refractivity (Wildman–Crippen MR) is 81.1 cm³/mol. The number of aliphatic hydroxyl groups is 1. The van der Waals surface area contributed by atoms with Crippen LogP contribution in [0.25, 0.3) is 0 Å². The van der Waals surface area contributed by atoms with E-state index in [1.165, 1.54) is 0 Å². The molecule has 0 heterocycles. The van der Waals surface area contributed by atoms with Crippen molar-refractivity contribution in [3.05, 3.63) is 71.8 Å². The first-order valence-corrected chi connectivity index (χ1v) is 6.72. The van der Waals surface area contributed by atoms with E-state index in [0.29, 0.717) is 11.1 Å². The molecule has 0 aromatic heterocycles. The van der Waals surface area contributed by atoms with E-state index in [1.807, 2.05) is 0 Å². The van der Waals surface area contributed by atoms with Crippen molar-refractivity contribution in [3.8, 4) is 0 Å². The number of carbonyl (C=O) groups excluding carboxylic acids is 2. The minimum absolute atomic E-state index is 0.167. The van der Waals surface area contributed by atoms with Crippen molar-refractivity contribution in [1.82, 2.24) is 0 Å². The summed E-state index contributed by atoms with van der Waals surface area (Å²) in [6.07, 6.45) is -0.167. The minimum Gasteiger partial charge on any atom is -0.394 e. The maximum atomic E-state index is 11.5. The third-order valence-electron chi connectivity index (χ3n) is 2.21. The average Bonchev–Trinajstić information content (AvgIpc) is 2.53. The van der Waals surface area contributed by atoms with Crippen LogP contribution in [0, 0.1) is 0 Å². The molecule has 0 spiro atoms. The third kappa shape index (κ3) is 6.67. The Morgan fingerprint density at radius 3 is 1.32 bits per heavy atom. The number of carbonyl (C=O) groups is 2. The van der Waals surface area contributed by atoms with Crippen molar-refractivity contribution in [2.45, 2.75) is 20.0 Å². The van der Waals surface area contributed by atoms with E-state index in [0.717, 1.165) is 0 Å². The number of aliphatic hydroxyl groups excluding tert-OH is 1. The van der Waals surface area contributed by atoms with E-state index in [-0.39, 0.29) is 6.10 Å². The second-order valence-corrected chi connectivity index (χ2v) is 4.57. The highest BCUT2D eigenvalue weighted by atomic mass is 17.2. The van der Waals surface area contributed by atoms with Crippen LogP contribution in [0.15, 0.2) is 60.7 Å². The van der Waals surface area contributed by atoms with Gasteiger partial charge in [-0.1, -0.05) is 36.4 Å². The van der Waals surface area contributed by atoms with Gasteiger partial charge < -0.3 is 5.11 Å². The lowest BCUT2D eigenvalue weighted by atomic mass is 10.2. The zero-order valence-corrected chi connectivity index (χ0v) is 12.4. The van der Waals surface area contributed by atoms with Gasteiger partial charge in [0.25, 0.3) is 0 Å². The van der Waals surface area contributed by atoms with Gasteiger partial charge in [0.2, 0.25) is 0 Å². The fraction of sp³-hybridized carbons (Fsp3) is 0.176. The van der Waals surface area contributed by atoms with Gasteiger partial charge in [0.1, 0.15) is 0 Å². The van der Waals surface area contributed by atoms with E-state index >= 15 is 0 Å². The molecule has 0 fully saturated rings. The van der Waals surface area contributed by atoms with Crippen molar-refractivity contribution in [1.29, 1.82) is 0 Å². The Morgan fingerprint density at radius 2 is 1.05 bits per heavy atom. The average molecular weight is 302 g/mol. The molecule has 2 aromatic rings. The molecule has 0 aliphatic carbocycles. The first-order valence-electron chi connectivity index (χ1n) is 6.72. The van der Waals surface area contributed by atoms with E-state index < -0.39 is 11.9 Å². The molecule has 0 atom stereocenters. The second kappa shape index (κ2) is 9.31. The van der Waals surface area contributed by atoms with Crippen LogP contribution in [0.4, 0.5) is 0 Å². The molecule has 0 aliphatic heterocycles. The fourth-order valence-corrected chi connectivity index (χ4v) is 1.32. The number of benzene rings is 2. The van der Waals surface area contributed by atoms with Crippen molar-refractivity contribution in [2.75, 3.05) is 0 Å². The quantitative estimate of drug-likeness (QED) is 0.682. The first-order chi connectivity index (χ1) is 10.5. The molecule has 2 aromatic carbocycles. The third-order valence-corrected chi connectivity index (χ3v) is 2.21. The van der Waals surface area contributed by atoms with Crippen LogP contribution in [-0.2, 0) is 9.78 Å². The fourth-order valence-electron chi connectivity index (χ4n) is 1.32. The zero-order valence-electron chi connectivity index (χ0n) is 12.4. The summed E-state index contributed by atoms with van der Waals surface area (Å²) in [6.45, 7) is 3.44. The molecule has 0 saturated carbocycles. The van der Waals surface area contributed by atoms with Crippen molar-refractivity contribution >= 4 is 11.9 Å². The molecule has 0 aliphatic rings. The van der Waals surface area contributed by atoms with Crippen LogP contribution in [0.1, 0.15) is 34.6 Å². The van der Waals surface area contributed by atoms with Crippen molar-refractivity contribution in [3.63, 3.8) is 0 Å². The van der Waals surface area contributed by atoms with Gasteiger partial charge in [-0.2, -0.15) is 0 Å². The van der Waals surface area contributed by atoms with E-state index in [1.54, 1.807) is 74.5 Å². The number of hydrogen-bond acceptors (Lipinski definition) is 5. The Labute approximate surface area is 129 Å². The van der Waals surface area contributed by atoms with E-state index in [2.05, 4.69) is 9.78 Å². The molecule has 0 radical (unpaired) electrons. The molecule has 0 saturated heterocycles. The summed E-state index contributed by atoms with van der Waals surface area (Å²) >= 11 is 0. The second-order valence-electron chi connectivity index (χ2n) is 4.57. The van der Waals surface area contributed by atoms with Crippen LogP contribution in [-0.4, -0.2) is 23.1 Å². The normalized spacial score (nSPS) is 9.45. The first kappa shape index (κ1) is 17.4. The molecule has 22 heavy (non-hydrogen) atoms. The molecule has 2 rings (SSSR count). The van der Waals surface area contributed by atoms with Gasteiger partial charge in [0, 0.05) is 6.10 Å². The van der Waals surface area contributed by atoms with Crippen molar-refractivity contribution < 1.29 is 24.5 Å². The summed E-state index contributed by atoms with van der Waals surface area (Å²) in [5, 5.41) is 8.06.